The third-order valence-corrected chi connectivity index (χ3v) is 4.69. The SMILES string of the molecule is NC(=O)c1nn(CC(=O)NC2CCOc3ccccc32)c(=O)c2ccccc12. The summed E-state index contributed by atoms with van der Waals surface area (Å²) in [4.78, 5) is 37.0. The fourth-order valence-electron chi connectivity index (χ4n) is 3.39. The first-order valence-electron chi connectivity index (χ1n) is 8.85. The molecule has 0 saturated carbocycles. The normalized spacial score (nSPS) is 15.5. The number of hydrogen-bond acceptors (Lipinski definition) is 5. The van der Waals surface area contributed by atoms with Crippen molar-refractivity contribution in [3.8, 4) is 5.75 Å². The minimum atomic E-state index is -0.760. The number of nitrogens with zero attached hydrogens (tertiary/aromatic N) is 2. The van der Waals surface area contributed by atoms with Crippen LogP contribution >= 0.6 is 0 Å². The van der Waals surface area contributed by atoms with Crippen LogP contribution in [0.5, 0.6) is 5.75 Å². The van der Waals surface area contributed by atoms with Crippen molar-refractivity contribution in [1.82, 2.24) is 15.1 Å². The van der Waals surface area contributed by atoms with Gasteiger partial charge in [0.25, 0.3) is 11.5 Å². The first kappa shape index (κ1) is 17.7. The molecule has 4 rings (SSSR count). The van der Waals surface area contributed by atoms with Gasteiger partial charge in [0.05, 0.1) is 18.0 Å². The second-order valence-electron chi connectivity index (χ2n) is 6.52. The molecule has 0 spiro atoms. The summed E-state index contributed by atoms with van der Waals surface area (Å²) >= 11 is 0. The number of nitrogens with one attached hydrogen (secondary N) is 1. The number of rotatable bonds is 4. The second-order valence-corrected chi connectivity index (χ2v) is 6.52. The van der Waals surface area contributed by atoms with E-state index in [1.165, 1.54) is 0 Å². The van der Waals surface area contributed by atoms with Gasteiger partial charge < -0.3 is 15.8 Å². The summed E-state index contributed by atoms with van der Waals surface area (Å²) in [6, 6.07) is 13.8. The number of fused-ring (bicyclic) bond motifs is 2. The Labute approximate surface area is 159 Å². The van der Waals surface area contributed by atoms with Gasteiger partial charge in [-0.3, -0.25) is 14.4 Å². The predicted molar refractivity (Wildman–Crippen MR) is 102 cm³/mol. The van der Waals surface area contributed by atoms with Crippen molar-refractivity contribution in [3.05, 3.63) is 70.1 Å². The molecule has 1 aliphatic heterocycles. The smallest absolute Gasteiger partial charge is 0.275 e. The van der Waals surface area contributed by atoms with Crippen LogP contribution in [-0.4, -0.2) is 28.2 Å². The van der Waals surface area contributed by atoms with E-state index >= 15 is 0 Å². The van der Waals surface area contributed by atoms with Crippen molar-refractivity contribution in [3.63, 3.8) is 0 Å². The minimum Gasteiger partial charge on any atom is -0.493 e. The van der Waals surface area contributed by atoms with Gasteiger partial charge in [0.1, 0.15) is 12.3 Å². The molecule has 2 amide bonds. The third kappa shape index (κ3) is 3.20. The van der Waals surface area contributed by atoms with E-state index in [0.717, 1.165) is 16.0 Å². The second kappa shape index (κ2) is 7.15. The van der Waals surface area contributed by atoms with E-state index in [2.05, 4.69) is 10.4 Å². The van der Waals surface area contributed by atoms with E-state index in [9.17, 15) is 14.4 Å². The molecule has 3 N–H and O–H groups in total. The van der Waals surface area contributed by atoms with Crippen LogP contribution in [0.15, 0.2) is 53.3 Å². The highest BCUT2D eigenvalue weighted by Crippen LogP contribution is 2.31. The van der Waals surface area contributed by atoms with E-state index in [-0.39, 0.29) is 29.6 Å². The molecule has 1 aromatic heterocycles. The lowest BCUT2D eigenvalue weighted by Crippen LogP contribution is -2.38. The Hall–Kier alpha value is -3.68. The van der Waals surface area contributed by atoms with Gasteiger partial charge >= 0.3 is 0 Å². The molecule has 2 heterocycles. The first-order chi connectivity index (χ1) is 13.5. The molecule has 28 heavy (non-hydrogen) atoms. The van der Waals surface area contributed by atoms with Crippen LogP contribution in [0, 0.1) is 0 Å². The standard InChI is InChI=1S/C20H18N4O4/c21-19(26)18-12-5-1-2-6-13(12)20(27)24(23-18)11-17(25)22-15-9-10-28-16-8-4-3-7-14(15)16/h1-8,15H,9-11H2,(H2,21,26)(H,22,25). The van der Waals surface area contributed by atoms with Gasteiger partial charge in [-0.2, -0.15) is 5.10 Å². The number of nitrogens with two attached hydrogens (primary N) is 1. The molecule has 8 nitrogen and oxygen atoms in total. The monoisotopic (exact) mass is 378 g/mol. The van der Waals surface area contributed by atoms with Gasteiger partial charge in [-0.15, -0.1) is 0 Å². The number of ether oxygens (including phenoxy) is 1. The average Bonchev–Trinajstić information content (AvgIpc) is 2.70. The number of carbonyl (C=O) groups excluding carboxylic acids is 2. The Morgan fingerprint density at radius 2 is 1.86 bits per heavy atom. The van der Waals surface area contributed by atoms with Gasteiger partial charge in [0.2, 0.25) is 5.91 Å². The van der Waals surface area contributed by atoms with Gasteiger partial charge in [-0.25, -0.2) is 4.68 Å². The van der Waals surface area contributed by atoms with Crippen molar-refractivity contribution < 1.29 is 14.3 Å². The Morgan fingerprint density at radius 3 is 2.64 bits per heavy atom. The number of aromatic nitrogens is 2. The summed E-state index contributed by atoms with van der Waals surface area (Å²) in [5.41, 5.74) is 5.79. The predicted octanol–water partition coefficient (Wildman–Crippen LogP) is 1.14. The lowest BCUT2D eigenvalue weighted by Gasteiger charge is -2.26. The number of amides is 2. The van der Waals surface area contributed by atoms with Gasteiger partial charge in [0.15, 0.2) is 5.69 Å². The van der Waals surface area contributed by atoms with Crippen molar-refractivity contribution in [2.45, 2.75) is 19.0 Å². The number of primary amides is 1. The topological polar surface area (TPSA) is 116 Å². The quantitative estimate of drug-likeness (QED) is 0.706. The minimum absolute atomic E-state index is 0.0422. The number of benzene rings is 2. The maximum Gasteiger partial charge on any atom is 0.275 e. The molecule has 0 saturated heterocycles. The molecular weight excluding hydrogens is 360 g/mol. The first-order valence-corrected chi connectivity index (χ1v) is 8.85. The summed E-state index contributed by atoms with van der Waals surface area (Å²) in [6.07, 6.45) is 0.620. The van der Waals surface area contributed by atoms with Crippen molar-refractivity contribution in [1.29, 1.82) is 0 Å². The Morgan fingerprint density at radius 1 is 1.14 bits per heavy atom. The van der Waals surface area contributed by atoms with Gasteiger partial charge in [-0.05, 0) is 12.1 Å². The molecule has 3 aromatic rings. The summed E-state index contributed by atoms with van der Waals surface area (Å²) < 4.78 is 6.57. The molecule has 0 bridgehead atoms. The zero-order valence-electron chi connectivity index (χ0n) is 14.9. The van der Waals surface area contributed by atoms with E-state index in [0.29, 0.717) is 18.4 Å². The van der Waals surface area contributed by atoms with Gasteiger partial charge in [-0.1, -0.05) is 36.4 Å². The molecular formula is C20H18N4O4. The summed E-state index contributed by atoms with van der Waals surface area (Å²) in [5, 5.41) is 7.59. The van der Waals surface area contributed by atoms with Crippen LogP contribution < -0.4 is 21.3 Å². The van der Waals surface area contributed by atoms with E-state index < -0.39 is 11.5 Å². The number of carbonyl (C=O) groups is 2. The zero-order valence-corrected chi connectivity index (χ0v) is 14.9. The van der Waals surface area contributed by atoms with Crippen molar-refractivity contribution in [2.24, 2.45) is 5.73 Å². The fraction of sp³-hybridized carbons (Fsp3) is 0.200. The number of para-hydroxylation sites is 1. The largest absolute Gasteiger partial charge is 0.493 e. The highest BCUT2D eigenvalue weighted by atomic mass is 16.5. The summed E-state index contributed by atoms with van der Waals surface area (Å²) in [6.45, 7) is 0.172. The summed E-state index contributed by atoms with van der Waals surface area (Å²) in [7, 11) is 0. The lowest BCUT2D eigenvalue weighted by atomic mass is 10.0. The van der Waals surface area contributed by atoms with Crippen LogP contribution in [0.1, 0.15) is 28.5 Å². The van der Waals surface area contributed by atoms with Crippen LogP contribution in [0.25, 0.3) is 10.8 Å². The highest BCUT2D eigenvalue weighted by molar-refractivity contribution is 6.04. The molecule has 2 aromatic carbocycles. The van der Waals surface area contributed by atoms with Crippen molar-refractivity contribution >= 4 is 22.6 Å². The summed E-state index contributed by atoms with van der Waals surface area (Å²) in [5.74, 6) is -0.415. The van der Waals surface area contributed by atoms with Crippen LogP contribution in [0.3, 0.4) is 0 Å². The average molecular weight is 378 g/mol. The maximum absolute atomic E-state index is 12.7. The van der Waals surface area contributed by atoms with Crippen LogP contribution in [0.2, 0.25) is 0 Å². The molecule has 8 heteroatoms. The molecule has 142 valence electrons. The fourth-order valence-corrected chi connectivity index (χ4v) is 3.39. The molecule has 0 aliphatic carbocycles. The lowest BCUT2D eigenvalue weighted by molar-refractivity contribution is -0.122. The molecule has 1 aliphatic rings. The molecule has 0 fully saturated rings. The van der Waals surface area contributed by atoms with Crippen molar-refractivity contribution in [2.75, 3.05) is 6.61 Å². The molecule has 1 atom stereocenters. The van der Waals surface area contributed by atoms with Gasteiger partial charge in [0, 0.05) is 17.4 Å². The molecule has 0 radical (unpaired) electrons. The highest BCUT2D eigenvalue weighted by Gasteiger charge is 2.23. The van der Waals surface area contributed by atoms with Crippen LogP contribution in [-0.2, 0) is 11.3 Å². The Balaban J connectivity index is 1.62. The third-order valence-electron chi connectivity index (χ3n) is 4.69. The van der Waals surface area contributed by atoms with E-state index in [1.54, 1.807) is 24.3 Å². The molecule has 1 unspecified atom stereocenters. The zero-order chi connectivity index (χ0) is 19.7. The van der Waals surface area contributed by atoms with Crippen LogP contribution in [0.4, 0.5) is 0 Å². The Bertz CT molecular complexity index is 1140. The Kier molecular flexibility index (Phi) is 4.52. The number of hydrogen-bond donors (Lipinski definition) is 2. The van der Waals surface area contributed by atoms with E-state index in [4.69, 9.17) is 10.5 Å². The maximum atomic E-state index is 12.7. The van der Waals surface area contributed by atoms with E-state index in [1.807, 2.05) is 24.3 Å².